The fourth-order valence-electron chi connectivity index (χ4n) is 2.77. The summed E-state index contributed by atoms with van der Waals surface area (Å²) in [5, 5.41) is 12.4. The summed E-state index contributed by atoms with van der Waals surface area (Å²) in [6, 6.07) is 0.198. The minimum atomic E-state index is 0.198. The van der Waals surface area contributed by atoms with Crippen LogP contribution in [0.2, 0.25) is 0 Å². The first-order chi connectivity index (χ1) is 8.31. The molecular weight excluding hydrogens is 214 g/mol. The topological polar surface area (TPSA) is 41.5 Å². The van der Waals surface area contributed by atoms with E-state index >= 15 is 0 Å². The van der Waals surface area contributed by atoms with Gasteiger partial charge in [-0.25, -0.2) is 0 Å². The highest BCUT2D eigenvalue weighted by Crippen LogP contribution is 2.29. The van der Waals surface area contributed by atoms with Gasteiger partial charge in [0.2, 0.25) is 0 Å². The van der Waals surface area contributed by atoms with Gasteiger partial charge in [0.1, 0.15) is 0 Å². The second-order valence-corrected chi connectivity index (χ2v) is 5.09. The van der Waals surface area contributed by atoms with Gasteiger partial charge in [-0.05, 0) is 31.7 Å². The lowest BCUT2D eigenvalue weighted by Gasteiger charge is -2.31. The molecule has 1 aliphatic rings. The molecule has 3 nitrogen and oxygen atoms in total. The smallest absolute Gasteiger partial charge is 0.0603 e. The quantitative estimate of drug-likeness (QED) is 0.687. The molecule has 1 saturated carbocycles. The van der Waals surface area contributed by atoms with Crippen LogP contribution in [0.4, 0.5) is 0 Å². The molecule has 17 heavy (non-hydrogen) atoms. The van der Waals surface area contributed by atoms with Crippen LogP contribution in [0, 0.1) is 5.92 Å². The first-order valence-corrected chi connectivity index (χ1v) is 7.27. The second-order valence-electron chi connectivity index (χ2n) is 5.09. The van der Waals surface area contributed by atoms with Crippen molar-refractivity contribution < 1.29 is 9.84 Å². The number of likely N-dealkylation sites (N-methyl/N-ethyl adjacent to an activating group) is 1. The van der Waals surface area contributed by atoms with Crippen LogP contribution in [-0.2, 0) is 4.74 Å². The highest BCUT2D eigenvalue weighted by Gasteiger charge is 2.24. The molecule has 0 radical (unpaired) electrons. The van der Waals surface area contributed by atoms with Crippen molar-refractivity contribution in [3.63, 3.8) is 0 Å². The lowest BCUT2D eigenvalue weighted by atomic mass is 9.85. The Hall–Kier alpha value is -0.120. The van der Waals surface area contributed by atoms with Crippen molar-refractivity contribution in [2.45, 2.75) is 64.5 Å². The minimum Gasteiger partial charge on any atom is -0.395 e. The van der Waals surface area contributed by atoms with E-state index in [4.69, 9.17) is 4.74 Å². The number of rotatable bonds is 8. The molecule has 0 bridgehead atoms. The van der Waals surface area contributed by atoms with Crippen molar-refractivity contribution in [3.05, 3.63) is 0 Å². The molecule has 3 heteroatoms. The number of hydrogen-bond acceptors (Lipinski definition) is 3. The van der Waals surface area contributed by atoms with E-state index in [0.717, 1.165) is 25.5 Å². The van der Waals surface area contributed by atoms with Gasteiger partial charge in [-0.1, -0.05) is 33.1 Å². The Morgan fingerprint density at radius 1 is 1.29 bits per heavy atom. The van der Waals surface area contributed by atoms with Gasteiger partial charge < -0.3 is 15.2 Å². The molecule has 0 spiro atoms. The average molecular weight is 243 g/mol. The summed E-state index contributed by atoms with van der Waals surface area (Å²) in [6.07, 6.45) is 7.86. The van der Waals surface area contributed by atoms with Crippen molar-refractivity contribution >= 4 is 0 Å². The van der Waals surface area contributed by atoms with Crippen LogP contribution in [0.15, 0.2) is 0 Å². The molecule has 0 aromatic rings. The monoisotopic (exact) mass is 243 g/mol. The Balaban J connectivity index is 2.19. The zero-order valence-corrected chi connectivity index (χ0v) is 11.5. The van der Waals surface area contributed by atoms with Gasteiger partial charge in [-0.15, -0.1) is 0 Å². The first kappa shape index (κ1) is 14.9. The molecule has 3 atom stereocenters. The maximum Gasteiger partial charge on any atom is 0.0603 e. The third kappa shape index (κ3) is 5.36. The van der Waals surface area contributed by atoms with Gasteiger partial charge in [-0.3, -0.25) is 0 Å². The summed E-state index contributed by atoms with van der Waals surface area (Å²) >= 11 is 0. The van der Waals surface area contributed by atoms with E-state index in [2.05, 4.69) is 19.2 Å². The normalized spacial score (nSPS) is 27.0. The Kier molecular flexibility index (Phi) is 7.82. The van der Waals surface area contributed by atoms with Crippen LogP contribution < -0.4 is 5.32 Å². The van der Waals surface area contributed by atoms with Crippen LogP contribution >= 0.6 is 0 Å². The molecule has 1 fully saturated rings. The lowest BCUT2D eigenvalue weighted by molar-refractivity contribution is -0.0170. The first-order valence-electron chi connectivity index (χ1n) is 7.27. The fraction of sp³-hybridized carbons (Fsp3) is 1.00. The number of aliphatic hydroxyl groups excluding tert-OH is 1. The molecule has 2 N–H and O–H groups in total. The van der Waals surface area contributed by atoms with Gasteiger partial charge in [-0.2, -0.15) is 0 Å². The molecule has 0 heterocycles. The van der Waals surface area contributed by atoms with Crippen LogP contribution in [-0.4, -0.2) is 37.0 Å². The van der Waals surface area contributed by atoms with Crippen LogP contribution in [0.3, 0.4) is 0 Å². The molecular formula is C14H29NO2. The van der Waals surface area contributed by atoms with E-state index < -0.39 is 0 Å². The van der Waals surface area contributed by atoms with Crippen LogP contribution in [0.25, 0.3) is 0 Å². The Morgan fingerprint density at radius 3 is 2.71 bits per heavy atom. The Bertz CT molecular complexity index is 187. The maximum absolute atomic E-state index is 9.17. The maximum atomic E-state index is 9.17. The zero-order valence-electron chi connectivity index (χ0n) is 11.5. The SMILES string of the molecule is CCNC(CO)CCOC1CCCCC1CC. The molecule has 0 aromatic carbocycles. The number of aliphatic hydroxyl groups is 1. The predicted molar refractivity (Wildman–Crippen MR) is 71.2 cm³/mol. The summed E-state index contributed by atoms with van der Waals surface area (Å²) in [4.78, 5) is 0. The van der Waals surface area contributed by atoms with E-state index in [-0.39, 0.29) is 12.6 Å². The standard InChI is InChI=1S/C14H29NO2/c1-3-12-7-5-6-8-14(12)17-10-9-13(11-16)15-4-2/h12-16H,3-11H2,1-2H3. The van der Waals surface area contributed by atoms with E-state index in [1.807, 2.05) is 0 Å². The number of nitrogens with one attached hydrogen (secondary N) is 1. The molecule has 3 unspecified atom stereocenters. The largest absolute Gasteiger partial charge is 0.395 e. The summed E-state index contributed by atoms with van der Waals surface area (Å²) in [5.41, 5.74) is 0. The molecule has 0 aliphatic heterocycles. The van der Waals surface area contributed by atoms with Gasteiger partial charge in [0, 0.05) is 12.6 Å². The van der Waals surface area contributed by atoms with Crippen molar-refractivity contribution in [1.29, 1.82) is 0 Å². The molecule has 0 saturated heterocycles. The van der Waals surface area contributed by atoms with Crippen LogP contribution in [0.5, 0.6) is 0 Å². The van der Waals surface area contributed by atoms with E-state index in [9.17, 15) is 5.11 Å². The minimum absolute atomic E-state index is 0.198. The zero-order chi connectivity index (χ0) is 12.5. The molecule has 0 aromatic heterocycles. The van der Waals surface area contributed by atoms with Crippen molar-refractivity contribution in [2.24, 2.45) is 5.92 Å². The molecule has 0 amide bonds. The van der Waals surface area contributed by atoms with Gasteiger partial charge >= 0.3 is 0 Å². The summed E-state index contributed by atoms with van der Waals surface area (Å²) in [5.74, 6) is 0.760. The lowest BCUT2D eigenvalue weighted by Crippen LogP contribution is -2.35. The van der Waals surface area contributed by atoms with Crippen molar-refractivity contribution in [1.82, 2.24) is 5.32 Å². The Morgan fingerprint density at radius 2 is 2.06 bits per heavy atom. The summed E-state index contributed by atoms with van der Waals surface area (Å²) in [6.45, 7) is 6.23. The predicted octanol–water partition coefficient (Wildman–Crippen LogP) is 2.33. The molecule has 102 valence electrons. The fourth-order valence-corrected chi connectivity index (χ4v) is 2.77. The van der Waals surface area contributed by atoms with Crippen molar-refractivity contribution in [2.75, 3.05) is 19.8 Å². The van der Waals surface area contributed by atoms with Crippen LogP contribution in [0.1, 0.15) is 52.4 Å². The molecule has 1 aliphatic carbocycles. The van der Waals surface area contributed by atoms with Gasteiger partial charge in [0.15, 0.2) is 0 Å². The highest BCUT2D eigenvalue weighted by molar-refractivity contribution is 4.75. The van der Waals surface area contributed by atoms with Gasteiger partial charge in [0.05, 0.1) is 12.7 Å². The summed E-state index contributed by atoms with van der Waals surface area (Å²) < 4.78 is 6.01. The number of hydrogen-bond donors (Lipinski definition) is 2. The highest BCUT2D eigenvalue weighted by atomic mass is 16.5. The number of ether oxygens (including phenoxy) is 1. The Labute approximate surface area is 106 Å². The van der Waals surface area contributed by atoms with E-state index in [1.165, 1.54) is 32.1 Å². The average Bonchev–Trinajstić information content (AvgIpc) is 2.38. The summed E-state index contributed by atoms with van der Waals surface area (Å²) in [7, 11) is 0. The van der Waals surface area contributed by atoms with Gasteiger partial charge in [0.25, 0.3) is 0 Å². The van der Waals surface area contributed by atoms with E-state index in [1.54, 1.807) is 0 Å². The molecule has 1 rings (SSSR count). The third-order valence-electron chi connectivity index (χ3n) is 3.88. The second kappa shape index (κ2) is 8.90. The van der Waals surface area contributed by atoms with E-state index in [0.29, 0.717) is 6.10 Å². The van der Waals surface area contributed by atoms with Crippen molar-refractivity contribution in [3.8, 4) is 0 Å². The third-order valence-corrected chi connectivity index (χ3v) is 3.88.